The van der Waals surface area contributed by atoms with E-state index in [0.717, 1.165) is 0 Å². The van der Waals surface area contributed by atoms with Crippen molar-refractivity contribution in [1.82, 2.24) is 4.98 Å². The van der Waals surface area contributed by atoms with Gasteiger partial charge in [-0.25, -0.2) is 0 Å². The molecule has 1 aromatic rings. The Morgan fingerprint density at radius 3 is 2.50 bits per heavy atom. The number of pyridine rings is 1. The molecule has 0 spiro atoms. The predicted octanol–water partition coefficient (Wildman–Crippen LogP) is 4.63. The van der Waals surface area contributed by atoms with Crippen LogP contribution in [0.2, 0.25) is 0 Å². The lowest BCUT2D eigenvalue weighted by Crippen LogP contribution is -2.21. The molecule has 0 radical (unpaired) electrons. The molecule has 0 saturated heterocycles. The minimum atomic E-state index is -0.480. The summed E-state index contributed by atoms with van der Waals surface area (Å²) in [7, 11) is -0.480. The normalized spacial score (nSPS) is 14.8. The molecule has 0 aromatic carbocycles. The smallest absolute Gasteiger partial charge is 0.0681 e. The highest BCUT2D eigenvalue weighted by atomic mass is 31.1. The van der Waals surface area contributed by atoms with E-state index in [9.17, 15) is 0 Å². The first-order valence-corrected chi connectivity index (χ1v) is 7.51. The van der Waals surface area contributed by atoms with Gasteiger partial charge in [0.25, 0.3) is 0 Å². The molecular weight excluding hydrogens is 237 g/mol. The van der Waals surface area contributed by atoms with Gasteiger partial charge in [0, 0.05) is 6.20 Å². The van der Waals surface area contributed by atoms with E-state index >= 15 is 0 Å². The Morgan fingerprint density at radius 1 is 1.33 bits per heavy atom. The van der Waals surface area contributed by atoms with E-state index < -0.39 is 7.92 Å². The number of allylic oxidation sites excluding steroid dienone is 5. The zero-order chi connectivity index (χ0) is 13.6. The lowest BCUT2D eigenvalue weighted by Gasteiger charge is -2.31. The zero-order valence-corrected chi connectivity index (χ0v) is 12.6. The second-order valence-electron chi connectivity index (χ2n) is 5.02. The average molecular weight is 259 g/mol. The van der Waals surface area contributed by atoms with Gasteiger partial charge < -0.3 is 0 Å². The summed E-state index contributed by atoms with van der Waals surface area (Å²) in [6, 6.07) is 6.15. The Morgan fingerprint density at radius 2 is 2.06 bits per heavy atom. The fraction of sp³-hybridized carbons (Fsp3) is 0.312. The molecule has 1 nitrogen and oxygen atoms in total. The highest BCUT2D eigenvalue weighted by Crippen LogP contribution is 2.54. The van der Waals surface area contributed by atoms with E-state index in [0.29, 0.717) is 0 Å². The third-order valence-electron chi connectivity index (χ3n) is 2.43. The van der Waals surface area contributed by atoms with Gasteiger partial charge >= 0.3 is 0 Å². The summed E-state index contributed by atoms with van der Waals surface area (Å²) in [6.45, 7) is 12.7. The molecule has 2 heteroatoms. The fourth-order valence-corrected chi connectivity index (χ4v) is 4.54. The number of nitrogens with zero attached hydrogens (tertiary/aromatic N) is 1. The highest BCUT2D eigenvalue weighted by Gasteiger charge is 2.28. The molecule has 1 heterocycles. The van der Waals surface area contributed by atoms with E-state index in [2.05, 4.69) is 62.7 Å². The van der Waals surface area contributed by atoms with Crippen molar-refractivity contribution in [3.63, 3.8) is 0 Å². The molecule has 0 amide bonds. The van der Waals surface area contributed by atoms with E-state index in [1.54, 1.807) is 0 Å². The molecule has 1 aromatic heterocycles. The second kappa shape index (κ2) is 6.66. The van der Waals surface area contributed by atoms with Gasteiger partial charge in [0.2, 0.25) is 0 Å². The first-order valence-electron chi connectivity index (χ1n) is 6.17. The van der Waals surface area contributed by atoms with E-state index in [1.165, 1.54) is 10.7 Å². The monoisotopic (exact) mass is 259 g/mol. The molecule has 18 heavy (non-hydrogen) atoms. The number of hydrogen-bond donors (Lipinski definition) is 0. The second-order valence-corrected chi connectivity index (χ2v) is 8.01. The van der Waals surface area contributed by atoms with Crippen molar-refractivity contribution in [3.8, 4) is 0 Å². The lowest BCUT2D eigenvalue weighted by molar-refractivity contribution is 0.791. The summed E-state index contributed by atoms with van der Waals surface area (Å²) in [5, 5.41) is 1.49. The van der Waals surface area contributed by atoms with Crippen LogP contribution in [0, 0.1) is 0 Å². The van der Waals surface area contributed by atoms with Gasteiger partial charge in [-0.1, -0.05) is 57.7 Å². The van der Waals surface area contributed by atoms with Crippen molar-refractivity contribution < 1.29 is 0 Å². The van der Waals surface area contributed by atoms with Crippen LogP contribution >= 0.6 is 7.92 Å². The van der Waals surface area contributed by atoms with E-state index in [1.807, 2.05) is 25.3 Å². The molecule has 0 aliphatic carbocycles. The van der Waals surface area contributed by atoms with Crippen LogP contribution in [0.1, 0.15) is 27.7 Å². The molecule has 0 fully saturated rings. The Bertz CT molecular complexity index is 438. The van der Waals surface area contributed by atoms with Gasteiger partial charge in [0.1, 0.15) is 0 Å². The highest BCUT2D eigenvalue weighted by molar-refractivity contribution is 7.71. The van der Waals surface area contributed by atoms with Crippen molar-refractivity contribution in [2.75, 3.05) is 0 Å². The molecule has 0 saturated carbocycles. The van der Waals surface area contributed by atoms with Crippen LogP contribution in [-0.4, -0.2) is 10.1 Å². The lowest BCUT2D eigenvalue weighted by atomic mass is 10.3. The van der Waals surface area contributed by atoms with Crippen LogP contribution in [0.25, 0.3) is 0 Å². The van der Waals surface area contributed by atoms with Crippen molar-refractivity contribution >= 4 is 13.4 Å². The Balaban J connectivity index is 3.30. The molecular formula is C16H22NP. The Labute approximate surface area is 112 Å². The third-order valence-corrected chi connectivity index (χ3v) is 5.31. The van der Waals surface area contributed by atoms with Crippen molar-refractivity contribution in [2.24, 2.45) is 0 Å². The first kappa shape index (κ1) is 14.9. The topological polar surface area (TPSA) is 12.9 Å². The minimum Gasteiger partial charge on any atom is -0.256 e. The quantitative estimate of drug-likeness (QED) is 0.567. The third kappa shape index (κ3) is 3.92. The average Bonchev–Trinajstić information content (AvgIpc) is 2.29. The maximum atomic E-state index is 4.55. The Kier molecular flexibility index (Phi) is 5.50. The summed E-state index contributed by atoms with van der Waals surface area (Å²) in [6.07, 6.45) is 10.1. The molecule has 0 N–H and O–H groups in total. The number of rotatable bonds is 4. The largest absolute Gasteiger partial charge is 0.256 e. The molecule has 0 aliphatic heterocycles. The van der Waals surface area contributed by atoms with Gasteiger partial charge in [-0.3, -0.25) is 4.98 Å². The summed E-state index contributed by atoms with van der Waals surface area (Å²) < 4.78 is 0. The SMILES string of the molecule is C=C/C=C(\C=C/C)P(c1ccccn1)C(C)(C)C. The Hall–Kier alpha value is -1.20. The van der Waals surface area contributed by atoms with Crippen molar-refractivity contribution in [3.05, 3.63) is 60.6 Å². The number of aromatic nitrogens is 1. The summed E-state index contributed by atoms with van der Waals surface area (Å²) >= 11 is 0. The van der Waals surface area contributed by atoms with Crippen LogP contribution in [0.4, 0.5) is 0 Å². The molecule has 1 unspecified atom stereocenters. The van der Waals surface area contributed by atoms with Gasteiger partial charge in [0.05, 0.1) is 5.44 Å². The predicted molar refractivity (Wildman–Crippen MR) is 83.6 cm³/mol. The standard InChI is InChI=1S/C16H22NP/c1-6-10-14(11-7-2)18(16(3,4)5)15-12-8-9-13-17-15/h6-13H,1H2,2-5H3/b11-7-,14-10+. The summed E-state index contributed by atoms with van der Waals surface area (Å²) in [4.78, 5) is 4.55. The molecule has 1 rings (SSSR count). The van der Waals surface area contributed by atoms with Gasteiger partial charge in [-0.05, 0) is 37.4 Å². The summed E-state index contributed by atoms with van der Waals surface area (Å²) in [5.41, 5.74) is 1.17. The van der Waals surface area contributed by atoms with Crippen LogP contribution in [0.3, 0.4) is 0 Å². The van der Waals surface area contributed by atoms with E-state index in [-0.39, 0.29) is 5.16 Å². The van der Waals surface area contributed by atoms with Crippen LogP contribution in [0.5, 0.6) is 0 Å². The molecule has 0 bridgehead atoms. The van der Waals surface area contributed by atoms with Crippen LogP contribution in [-0.2, 0) is 0 Å². The maximum Gasteiger partial charge on any atom is 0.0681 e. The van der Waals surface area contributed by atoms with Crippen LogP contribution in [0.15, 0.2) is 60.6 Å². The van der Waals surface area contributed by atoms with Crippen LogP contribution < -0.4 is 5.44 Å². The summed E-state index contributed by atoms with van der Waals surface area (Å²) in [5.74, 6) is 0. The number of hydrogen-bond acceptors (Lipinski definition) is 1. The van der Waals surface area contributed by atoms with Crippen molar-refractivity contribution in [1.29, 1.82) is 0 Å². The maximum absolute atomic E-state index is 4.55. The molecule has 96 valence electrons. The van der Waals surface area contributed by atoms with Crippen molar-refractivity contribution in [2.45, 2.75) is 32.9 Å². The van der Waals surface area contributed by atoms with E-state index in [4.69, 9.17) is 0 Å². The first-order chi connectivity index (χ1) is 8.50. The minimum absolute atomic E-state index is 0.179. The fourth-order valence-electron chi connectivity index (χ4n) is 1.85. The van der Waals surface area contributed by atoms with Gasteiger partial charge in [0.15, 0.2) is 0 Å². The van der Waals surface area contributed by atoms with Gasteiger partial charge in [-0.2, -0.15) is 0 Å². The zero-order valence-electron chi connectivity index (χ0n) is 11.7. The molecule has 0 aliphatic rings. The van der Waals surface area contributed by atoms with Gasteiger partial charge in [-0.15, -0.1) is 0 Å². The molecule has 1 atom stereocenters.